The van der Waals surface area contributed by atoms with Gasteiger partial charge in [0.1, 0.15) is 11.8 Å². The summed E-state index contributed by atoms with van der Waals surface area (Å²) in [6.07, 6.45) is 11.5. The molecule has 2 aromatic carbocycles. The van der Waals surface area contributed by atoms with E-state index in [-0.39, 0.29) is 27.0 Å². The zero-order chi connectivity index (χ0) is 32.6. The van der Waals surface area contributed by atoms with Crippen LogP contribution in [0.5, 0.6) is 0 Å². The van der Waals surface area contributed by atoms with E-state index >= 15 is 0 Å². The van der Waals surface area contributed by atoms with Crippen LogP contribution in [0.25, 0.3) is 0 Å². The predicted octanol–water partition coefficient (Wildman–Crippen LogP) is 4.56. The number of carboxylic acid groups (broad SMARTS) is 1. The molecule has 0 aromatic heterocycles. The number of piperidine rings is 1. The van der Waals surface area contributed by atoms with Crippen LogP contribution in [0.2, 0.25) is 0 Å². The minimum atomic E-state index is -4.38. The van der Waals surface area contributed by atoms with Crippen LogP contribution in [0, 0.1) is 26.4 Å². The number of nitrogens with zero attached hydrogens (tertiary/aromatic N) is 2. The molecule has 3 N–H and O–H groups in total. The maximum Gasteiger partial charge on any atom is 0.293 e. The molecule has 46 heavy (non-hydrogen) atoms. The molecule has 4 aliphatic carbocycles. The quantitative estimate of drug-likeness (QED) is 0.246. The summed E-state index contributed by atoms with van der Waals surface area (Å²) in [4.78, 5) is 37.1. The van der Waals surface area contributed by atoms with E-state index in [9.17, 15) is 33.2 Å². The Bertz CT molecular complexity index is 1570. The molecule has 0 atom stereocenters. The minimum Gasteiger partial charge on any atom is -0.530 e. The van der Waals surface area contributed by atoms with Gasteiger partial charge >= 0.3 is 0 Å². The van der Waals surface area contributed by atoms with E-state index in [0.717, 1.165) is 63.4 Å². The summed E-state index contributed by atoms with van der Waals surface area (Å²) in [6, 6.07) is 10.5. The van der Waals surface area contributed by atoms with Gasteiger partial charge < -0.3 is 25.4 Å². The van der Waals surface area contributed by atoms with Crippen LogP contribution in [-0.4, -0.2) is 51.5 Å². The van der Waals surface area contributed by atoms with Gasteiger partial charge in [0.05, 0.1) is 9.82 Å². The molecule has 5 fully saturated rings. The number of hydrogen-bond acceptors (Lipinski definition) is 9. The fourth-order valence-electron chi connectivity index (χ4n) is 8.32. The standard InChI is InChI=1S/C33H43N5O7S/c39-29(24-3-5-25(6-4-24)37-19-17-31(18-20-37)9-1-2-10-31)36-46(44,45)26-7-8-27(28(21-26)38(42)43)34-22-32-11-14-33(15-12-32,16-13-32)23-35-30(40)41/h3-8,21,34-35H,1-2,9-20,22-23H2,(H,36,39)(H,40,41)/p-1. The smallest absolute Gasteiger partial charge is 0.293 e. The normalized spacial score (nSPS) is 25.3. The molecule has 0 radical (unpaired) electrons. The van der Waals surface area contributed by atoms with E-state index in [1.807, 2.05) is 12.1 Å². The molecule has 2 aromatic rings. The third-order valence-electron chi connectivity index (χ3n) is 11.5. The summed E-state index contributed by atoms with van der Waals surface area (Å²) < 4.78 is 28.3. The molecule has 1 saturated heterocycles. The number of hydrogen-bond donors (Lipinski definition) is 3. The second-order valence-corrected chi connectivity index (χ2v) is 15.8. The Labute approximate surface area is 269 Å². The number of rotatable bonds is 10. The fraction of sp³-hybridized carbons (Fsp3) is 0.576. The maximum atomic E-state index is 13.1. The minimum absolute atomic E-state index is 0.0673. The molecular formula is C33H42N5O7S-. The third-order valence-corrected chi connectivity index (χ3v) is 12.8. The molecule has 4 saturated carbocycles. The van der Waals surface area contributed by atoms with Crippen LogP contribution in [0.3, 0.4) is 0 Å². The van der Waals surface area contributed by atoms with Crippen molar-refractivity contribution in [2.75, 3.05) is 36.4 Å². The Morgan fingerprint density at radius 1 is 0.826 bits per heavy atom. The van der Waals surface area contributed by atoms with Crippen LogP contribution in [0.15, 0.2) is 47.4 Å². The number of amides is 2. The molecule has 13 heteroatoms. The number of nitro benzene ring substituents is 1. The molecule has 1 heterocycles. The van der Waals surface area contributed by atoms with E-state index in [0.29, 0.717) is 18.5 Å². The summed E-state index contributed by atoms with van der Waals surface area (Å²) in [7, 11) is -4.38. The number of sulfonamides is 1. The van der Waals surface area contributed by atoms with Crippen LogP contribution in [-0.2, 0) is 10.0 Å². The summed E-state index contributed by atoms with van der Waals surface area (Å²) in [5.74, 6) is -0.806. The molecule has 2 bridgehead atoms. The molecule has 5 aliphatic rings. The average molecular weight is 653 g/mol. The number of fused-ring (bicyclic) bond motifs is 3. The Kier molecular flexibility index (Phi) is 8.64. The monoisotopic (exact) mass is 652 g/mol. The lowest BCUT2D eigenvalue weighted by atomic mass is 9.53. The highest BCUT2D eigenvalue weighted by Gasteiger charge is 2.48. The Morgan fingerprint density at radius 2 is 1.41 bits per heavy atom. The number of anilines is 2. The van der Waals surface area contributed by atoms with Gasteiger partial charge in [-0.3, -0.25) is 14.9 Å². The highest BCUT2D eigenvalue weighted by atomic mass is 32.2. The molecule has 0 unspecified atom stereocenters. The fourth-order valence-corrected chi connectivity index (χ4v) is 9.31. The molecule has 2 amide bonds. The Morgan fingerprint density at radius 3 is 1.98 bits per heavy atom. The number of carbonyl (C=O) groups is 2. The lowest BCUT2D eigenvalue weighted by Gasteiger charge is -2.53. The third kappa shape index (κ3) is 6.65. The maximum absolute atomic E-state index is 13.1. The first kappa shape index (κ1) is 32.1. The largest absolute Gasteiger partial charge is 0.530 e. The van der Waals surface area contributed by atoms with Crippen molar-refractivity contribution < 1.29 is 28.0 Å². The number of nitro groups is 1. The van der Waals surface area contributed by atoms with E-state index < -0.39 is 32.6 Å². The van der Waals surface area contributed by atoms with Gasteiger partial charge in [0, 0.05) is 43.5 Å². The van der Waals surface area contributed by atoms with Crippen molar-refractivity contribution >= 4 is 39.1 Å². The van der Waals surface area contributed by atoms with E-state index in [1.165, 1.54) is 50.7 Å². The van der Waals surface area contributed by atoms with Gasteiger partial charge in [0.15, 0.2) is 0 Å². The Balaban J connectivity index is 1.07. The molecule has 1 spiro atoms. The lowest BCUT2D eigenvalue weighted by Crippen LogP contribution is -2.51. The van der Waals surface area contributed by atoms with Gasteiger partial charge in [0.25, 0.3) is 21.6 Å². The van der Waals surface area contributed by atoms with Gasteiger partial charge in [-0.15, -0.1) is 0 Å². The molecule has 1 aliphatic heterocycles. The summed E-state index contributed by atoms with van der Waals surface area (Å²) in [6.45, 7) is 2.79. The number of benzene rings is 2. The van der Waals surface area contributed by atoms with Gasteiger partial charge in [-0.1, -0.05) is 12.8 Å². The second kappa shape index (κ2) is 12.4. The summed E-state index contributed by atoms with van der Waals surface area (Å²) >= 11 is 0. The first-order valence-corrected chi connectivity index (χ1v) is 17.8. The van der Waals surface area contributed by atoms with Crippen molar-refractivity contribution in [3.63, 3.8) is 0 Å². The highest BCUT2D eigenvalue weighted by molar-refractivity contribution is 7.90. The van der Waals surface area contributed by atoms with Gasteiger partial charge in [-0.05, 0) is 117 Å². The highest BCUT2D eigenvalue weighted by Crippen LogP contribution is 2.56. The van der Waals surface area contributed by atoms with Crippen molar-refractivity contribution in [1.29, 1.82) is 0 Å². The van der Waals surface area contributed by atoms with Crippen molar-refractivity contribution in [2.24, 2.45) is 16.2 Å². The molecular weight excluding hydrogens is 610 g/mol. The zero-order valence-electron chi connectivity index (χ0n) is 26.0. The predicted molar refractivity (Wildman–Crippen MR) is 171 cm³/mol. The first-order valence-electron chi connectivity index (χ1n) is 16.3. The lowest BCUT2D eigenvalue weighted by molar-refractivity contribution is -0.384. The number of carbonyl (C=O) groups excluding carboxylic acids is 2. The summed E-state index contributed by atoms with van der Waals surface area (Å²) in [5, 5.41) is 28.5. The van der Waals surface area contributed by atoms with Crippen LogP contribution in [0.1, 0.15) is 87.4 Å². The van der Waals surface area contributed by atoms with Crippen molar-refractivity contribution in [2.45, 2.75) is 81.9 Å². The Hall–Kier alpha value is -3.87. The first-order chi connectivity index (χ1) is 21.9. The van der Waals surface area contributed by atoms with E-state index in [2.05, 4.69) is 20.3 Å². The van der Waals surface area contributed by atoms with Gasteiger partial charge in [0.2, 0.25) is 0 Å². The summed E-state index contributed by atoms with van der Waals surface area (Å²) in [5.41, 5.74) is 1.35. The SMILES string of the molecule is O=C([O-])NCC12CCC(CNc3ccc(S(=O)(=O)NC(=O)c4ccc(N5CCC6(CCCC6)CC5)cc4)cc3[N+](=O)[O-])(CC1)CC2. The molecule has 248 valence electrons. The van der Waals surface area contributed by atoms with Crippen molar-refractivity contribution in [3.8, 4) is 0 Å². The van der Waals surface area contributed by atoms with Crippen LogP contribution >= 0.6 is 0 Å². The zero-order valence-corrected chi connectivity index (χ0v) is 26.8. The topological polar surface area (TPSA) is 174 Å². The van der Waals surface area contributed by atoms with E-state index in [4.69, 9.17) is 0 Å². The second-order valence-electron chi connectivity index (χ2n) is 14.1. The van der Waals surface area contributed by atoms with Crippen LogP contribution in [0.4, 0.5) is 21.9 Å². The van der Waals surface area contributed by atoms with Crippen molar-refractivity contribution in [3.05, 3.63) is 58.1 Å². The average Bonchev–Trinajstić information content (AvgIpc) is 3.51. The van der Waals surface area contributed by atoms with Gasteiger partial charge in [-0.25, -0.2) is 13.1 Å². The number of nitrogens with one attached hydrogen (secondary N) is 3. The van der Waals surface area contributed by atoms with E-state index in [1.54, 1.807) is 12.1 Å². The van der Waals surface area contributed by atoms with Gasteiger partial charge in [-0.2, -0.15) is 0 Å². The molecule has 12 nitrogen and oxygen atoms in total. The van der Waals surface area contributed by atoms with Crippen LogP contribution < -0.4 is 25.4 Å². The van der Waals surface area contributed by atoms with Crippen molar-refractivity contribution in [1.82, 2.24) is 10.0 Å². The molecule has 7 rings (SSSR count).